The van der Waals surface area contributed by atoms with Crippen molar-refractivity contribution in [3.8, 4) is 34.1 Å². The van der Waals surface area contributed by atoms with Gasteiger partial charge in [-0.1, -0.05) is 49.4 Å². The molecule has 2 heterocycles. The highest BCUT2D eigenvalue weighted by molar-refractivity contribution is 7.92. The highest BCUT2D eigenvalue weighted by Crippen LogP contribution is 2.38. The third kappa shape index (κ3) is 7.84. The molecule has 0 unspecified atom stereocenters. The van der Waals surface area contributed by atoms with Crippen molar-refractivity contribution >= 4 is 26.6 Å². The molecule has 47 heavy (non-hydrogen) atoms. The van der Waals surface area contributed by atoms with Gasteiger partial charge in [0, 0.05) is 30.3 Å². The minimum atomic E-state index is -3.98. The number of fused-ring (bicyclic) bond motifs is 1. The van der Waals surface area contributed by atoms with E-state index in [0.29, 0.717) is 34.8 Å². The van der Waals surface area contributed by atoms with E-state index in [1.54, 1.807) is 43.6 Å². The van der Waals surface area contributed by atoms with Gasteiger partial charge in [-0.2, -0.15) is 0 Å². The molecule has 1 saturated heterocycles. The Morgan fingerprint density at radius 1 is 0.872 bits per heavy atom. The summed E-state index contributed by atoms with van der Waals surface area (Å²) < 4.78 is 61.8. The van der Waals surface area contributed by atoms with Crippen molar-refractivity contribution in [2.75, 3.05) is 38.1 Å². The number of methoxy groups -OCH3 is 1. The second-order valence-corrected chi connectivity index (χ2v) is 13.5. The van der Waals surface area contributed by atoms with Crippen LogP contribution < -0.4 is 18.9 Å². The Morgan fingerprint density at radius 3 is 2.43 bits per heavy atom. The van der Waals surface area contributed by atoms with E-state index >= 15 is 4.39 Å². The molecule has 0 spiro atoms. The third-order valence-corrected chi connectivity index (χ3v) is 9.77. The predicted molar refractivity (Wildman–Crippen MR) is 182 cm³/mol. The fourth-order valence-corrected chi connectivity index (χ4v) is 6.79. The number of hydrogen-bond acceptors (Lipinski definition) is 7. The number of ether oxygens (including phenoxy) is 3. The van der Waals surface area contributed by atoms with Crippen LogP contribution in [0.15, 0.2) is 102 Å². The Morgan fingerprint density at radius 2 is 1.66 bits per heavy atom. The Hall–Kier alpha value is -4.67. The van der Waals surface area contributed by atoms with Gasteiger partial charge in [0.15, 0.2) is 23.1 Å². The molecule has 1 aliphatic rings. The topological polar surface area (TPSA) is 90.0 Å². The molecule has 0 bridgehead atoms. The summed E-state index contributed by atoms with van der Waals surface area (Å²) in [4.78, 5) is 7.02. The Labute approximate surface area is 275 Å². The molecule has 0 saturated carbocycles. The van der Waals surface area contributed by atoms with Crippen molar-refractivity contribution in [1.82, 2.24) is 9.88 Å². The number of nitrogens with zero attached hydrogens (tertiary/aromatic N) is 2. The molecule has 4 aromatic carbocycles. The van der Waals surface area contributed by atoms with E-state index in [0.717, 1.165) is 49.2 Å². The van der Waals surface area contributed by atoms with E-state index in [-0.39, 0.29) is 16.3 Å². The van der Waals surface area contributed by atoms with Crippen LogP contribution >= 0.6 is 0 Å². The number of anilines is 1. The lowest BCUT2D eigenvalue weighted by Crippen LogP contribution is -2.34. The summed E-state index contributed by atoms with van der Waals surface area (Å²) in [5.41, 5.74) is 2.31. The molecular weight excluding hydrogens is 617 g/mol. The average molecular weight is 656 g/mol. The summed E-state index contributed by atoms with van der Waals surface area (Å²) in [6.45, 7) is 6.12. The molecular formula is C37H38FN3O5S. The Balaban J connectivity index is 1.14. The summed E-state index contributed by atoms with van der Waals surface area (Å²) in [5, 5.41) is 0.613. The number of aromatic nitrogens is 1. The van der Waals surface area contributed by atoms with Crippen LogP contribution in [0.3, 0.4) is 0 Å². The Bertz CT molecular complexity index is 1950. The second kappa shape index (κ2) is 14.4. The van der Waals surface area contributed by atoms with Crippen LogP contribution in [0.5, 0.6) is 23.0 Å². The SMILES string of the molecule is COc1cc2c(Oc3ccc(NS(=O)(=O)c4cccc(-c5ccccc5)c4)cc3F)ccnc2cc1OCCCN1CCC(C)CC1. The number of nitrogens with one attached hydrogen (secondary N) is 1. The molecule has 10 heteroatoms. The van der Waals surface area contributed by atoms with Gasteiger partial charge in [0.1, 0.15) is 5.75 Å². The molecule has 0 aliphatic carbocycles. The standard InChI is InChI=1S/C37H38FN3O5S/c1-26-15-19-41(20-16-26)18-7-21-45-37-25-33-31(24-36(37)44-2)34(14-17-39-33)46-35-13-12-29(23-32(35)38)40-47(42,43)30-11-6-10-28(22-30)27-8-4-3-5-9-27/h3-6,8-14,17,22-26,40H,7,15-16,18-21H2,1-2H3. The van der Waals surface area contributed by atoms with Crippen LogP contribution in [0, 0.1) is 11.7 Å². The number of pyridine rings is 1. The van der Waals surface area contributed by atoms with Gasteiger partial charge in [0.25, 0.3) is 10.0 Å². The maximum Gasteiger partial charge on any atom is 0.261 e. The highest BCUT2D eigenvalue weighted by Gasteiger charge is 2.19. The number of likely N-dealkylation sites (tertiary alicyclic amines) is 1. The zero-order valence-electron chi connectivity index (χ0n) is 26.5. The van der Waals surface area contributed by atoms with Crippen LogP contribution in [0.2, 0.25) is 0 Å². The van der Waals surface area contributed by atoms with Crippen molar-refractivity contribution < 1.29 is 27.0 Å². The van der Waals surface area contributed by atoms with Gasteiger partial charge in [-0.15, -0.1) is 0 Å². The van der Waals surface area contributed by atoms with E-state index in [1.165, 1.54) is 31.0 Å². The van der Waals surface area contributed by atoms with E-state index < -0.39 is 15.8 Å². The lowest BCUT2D eigenvalue weighted by atomic mass is 9.99. The van der Waals surface area contributed by atoms with E-state index in [4.69, 9.17) is 14.2 Å². The molecule has 0 amide bonds. The lowest BCUT2D eigenvalue weighted by Gasteiger charge is -2.30. The zero-order valence-corrected chi connectivity index (χ0v) is 27.3. The van der Waals surface area contributed by atoms with Crippen molar-refractivity contribution in [2.45, 2.75) is 31.1 Å². The summed E-state index contributed by atoms with van der Waals surface area (Å²) in [6.07, 6.45) is 4.96. The number of benzene rings is 4. The van der Waals surface area contributed by atoms with Gasteiger partial charge in [-0.25, -0.2) is 12.8 Å². The number of piperidine rings is 1. The number of halogens is 1. The monoisotopic (exact) mass is 655 g/mol. The molecule has 0 atom stereocenters. The van der Waals surface area contributed by atoms with E-state index in [9.17, 15) is 8.42 Å². The van der Waals surface area contributed by atoms with Crippen LogP contribution in [-0.4, -0.2) is 51.7 Å². The summed E-state index contributed by atoms with van der Waals surface area (Å²) in [6, 6.07) is 25.2. The molecule has 5 aromatic rings. The van der Waals surface area contributed by atoms with Crippen molar-refractivity contribution in [1.29, 1.82) is 0 Å². The highest BCUT2D eigenvalue weighted by atomic mass is 32.2. The second-order valence-electron chi connectivity index (χ2n) is 11.8. The number of sulfonamides is 1. The Kier molecular flexibility index (Phi) is 9.89. The fraction of sp³-hybridized carbons (Fsp3) is 0.270. The molecule has 1 N–H and O–H groups in total. The maximum atomic E-state index is 15.3. The molecule has 6 rings (SSSR count). The van der Waals surface area contributed by atoms with Gasteiger partial charge in [0.2, 0.25) is 0 Å². The smallest absolute Gasteiger partial charge is 0.261 e. The summed E-state index contributed by atoms with van der Waals surface area (Å²) in [5.74, 6) is 1.46. The van der Waals surface area contributed by atoms with Crippen LogP contribution in [0.1, 0.15) is 26.2 Å². The molecule has 1 fully saturated rings. The largest absolute Gasteiger partial charge is 0.493 e. The quantitative estimate of drug-likeness (QED) is 0.136. The van der Waals surface area contributed by atoms with Gasteiger partial charge < -0.3 is 19.1 Å². The minimum Gasteiger partial charge on any atom is -0.493 e. The molecule has 0 radical (unpaired) electrons. The maximum absolute atomic E-state index is 15.3. The lowest BCUT2D eigenvalue weighted by molar-refractivity contribution is 0.176. The van der Waals surface area contributed by atoms with E-state index in [2.05, 4.69) is 21.5 Å². The number of rotatable bonds is 12. The third-order valence-electron chi connectivity index (χ3n) is 8.39. The van der Waals surface area contributed by atoms with Crippen LogP contribution in [-0.2, 0) is 10.0 Å². The summed E-state index contributed by atoms with van der Waals surface area (Å²) in [7, 11) is -2.42. The van der Waals surface area contributed by atoms with Crippen LogP contribution in [0.25, 0.3) is 22.0 Å². The van der Waals surface area contributed by atoms with Gasteiger partial charge in [-0.3, -0.25) is 9.71 Å². The average Bonchev–Trinajstić information content (AvgIpc) is 3.08. The normalized spacial score (nSPS) is 14.2. The first-order valence-corrected chi connectivity index (χ1v) is 17.2. The first-order chi connectivity index (χ1) is 22.8. The first-order valence-electron chi connectivity index (χ1n) is 15.8. The first kappa shape index (κ1) is 32.3. The van der Waals surface area contributed by atoms with Crippen LogP contribution in [0.4, 0.5) is 10.1 Å². The van der Waals surface area contributed by atoms with E-state index in [1.807, 2.05) is 36.4 Å². The van der Waals surface area contributed by atoms with Gasteiger partial charge in [0.05, 0.1) is 29.8 Å². The molecule has 1 aliphatic heterocycles. The molecule has 8 nitrogen and oxygen atoms in total. The predicted octanol–water partition coefficient (Wildman–Crippen LogP) is 8.14. The van der Waals surface area contributed by atoms with Crippen molar-refractivity contribution in [3.05, 3.63) is 103 Å². The zero-order chi connectivity index (χ0) is 32.8. The van der Waals surface area contributed by atoms with Gasteiger partial charge >= 0.3 is 0 Å². The minimum absolute atomic E-state index is 0.0665. The number of hydrogen-bond donors (Lipinski definition) is 1. The van der Waals surface area contributed by atoms with Gasteiger partial charge in [-0.05, 0) is 85.8 Å². The molecule has 1 aromatic heterocycles. The molecule has 244 valence electrons. The van der Waals surface area contributed by atoms with Crippen molar-refractivity contribution in [3.63, 3.8) is 0 Å². The fourth-order valence-electron chi connectivity index (χ4n) is 5.70. The van der Waals surface area contributed by atoms with Crippen molar-refractivity contribution in [2.24, 2.45) is 5.92 Å². The summed E-state index contributed by atoms with van der Waals surface area (Å²) >= 11 is 0.